The summed E-state index contributed by atoms with van der Waals surface area (Å²) in [6.45, 7) is 4.26. The van der Waals surface area contributed by atoms with Crippen molar-refractivity contribution in [2.75, 3.05) is 0 Å². The molecule has 1 N–H and O–H groups in total. The van der Waals surface area contributed by atoms with E-state index in [1.165, 1.54) is 0 Å². The molecule has 0 spiro atoms. The van der Waals surface area contributed by atoms with Gasteiger partial charge in [-0.2, -0.15) is 0 Å². The molecule has 0 aromatic carbocycles. The molecule has 2 atom stereocenters. The summed E-state index contributed by atoms with van der Waals surface area (Å²) in [5.41, 5.74) is 0.952. The highest BCUT2D eigenvalue weighted by Gasteiger charge is 2.46. The van der Waals surface area contributed by atoms with Crippen molar-refractivity contribution < 1.29 is 14.7 Å². The minimum atomic E-state index is -1.03. The molecule has 2 aliphatic carbocycles. The molecule has 3 nitrogen and oxygen atoms in total. The number of carbonyl (C=O) groups is 2. The van der Waals surface area contributed by atoms with Crippen molar-refractivity contribution in [1.29, 1.82) is 0 Å². The van der Waals surface area contributed by atoms with Crippen molar-refractivity contribution in [2.24, 2.45) is 11.3 Å². The SMILES string of the molecule is C[C@@H]1CCC2=C(C(=O)O)C(=O)CC[C@]21C. The minimum absolute atomic E-state index is 0.0400. The van der Waals surface area contributed by atoms with Gasteiger partial charge in [0, 0.05) is 6.42 Å². The fourth-order valence-electron chi connectivity index (χ4n) is 2.99. The number of hydrogen-bond acceptors (Lipinski definition) is 2. The molecule has 0 unspecified atom stereocenters. The van der Waals surface area contributed by atoms with Gasteiger partial charge in [0.15, 0.2) is 5.78 Å². The van der Waals surface area contributed by atoms with Crippen LogP contribution in [0.2, 0.25) is 0 Å². The van der Waals surface area contributed by atoms with Gasteiger partial charge in [0.05, 0.1) is 0 Å². The zero-order chi connectivity index (χ0) is 11.2. The van der Waals surface area contributed by atoms with Gasteiger partial charge >= 0.3 is 5.97 Å². The van der Waals surface area contributed by atoms with E-state index in [1.54, 1.807) is 0 Å². The molecule has 82 valence electrons. The van der Waals surface area contributed by atoms with E-state index in [-0.39, 0.29) is 16.8 Å². The van der Waals surface area contributed by atoms with Crippen LogP contribution in [0.4, 0.5) is 0 Å². The van der Waals surface area contributed by atoms with Crippen LogP contribution in [-0.2, 0) is 9.59 Å². The van der Waals surface area contributed by atoms with Gasteiger partial charge in [-0.05, 0) is 36.2 Å². The lowest BCUT2D eigenvalue weighted by atomic mass is 9.68. The lowest BCUT2D eigenvalue weighted by molar-refractivity contribution is -0.135. The molecule has 0 aliphatic heterocycles. The third-order valence-corrected chi connectivity index (χ3v) is 4.27. The second-order valence-electron chi connectivity index (χ2n) is 4.94. The average molecular weight is 208 g/mol. The van der Waals surface area contributed by atoms with Crippen molar-refractivity contribution in [3.63, 3.8) is 0 Å². The highest BCUT2D eigenvalue weighted by molar-refractivity contribution is 6.18. The fraction of sp³-hybridized carbons (Fsp3) is 0.667. The van der Waals surface area contributed by atoms with Crippen molar-refractivity contribution in [3.05, 3.63) is 11.1 Å². The van der Waals surface area contributed by atoms with Crippen LogP contribution in [0.25, 0.3) is 0 Å². The highest BCUT2D eigenvalue weighted by atomic mass is 16.4. The van der Waals surface area contributed by atoms with Crippen LogP contribution in [0.15, 0.2) is 11.1 Å². The van der Waals surface area contributed by atoms with Crippen molar-refractivity contribution >= 4 is 11.8 Å². The normalized spacial score (nSPS) is 35.6. The number of carboxylic acids is 1. The third kappa shape index (κ3) is 1.33. The predicted molar refractivity (Wildman–Crippen MR) is 55.4 cm³/mol. The van der Waals surface area contributed by atoms with E-state index in [0.717, 1.165) is 24.8 Å². The maximum atomic E-state index is 11.6. The van der Waals surface area contributed by atoms with Gasteiger partial charge in [0.2, 0.25) is 0 Å². The zero-order valence-corrected chi connectivity index (χ0v) is 9.17. The predicted octanol–water partition coefficient (Wildman–Crippen LogP) is 2.17. The summed E-state index contributed by atoms with van der Waals surface area (Å²) in [4.78, 5) is 22.7. The Balaban J connectivity index is 2.56. The average Bonchev–Trinajstić information content (AvgIpc) is 2.44. The first-order chi connectivity index (χ1) is 6.97. The molecular formula is C12H16O3. The van der Waals surface area contributed by atoms with Crippen molar-refractivity contribution in [2.45, 2.75) is 39.5 Å². The Morgan fingerprint density at radius 3 is 2.73 bits per heavy atom. The second kappa shape index (κ2) is 3.19. The maximum Gasteiger partial charge on any atom is 0.339 e. The molecule has 1 saturated carbocycles. The van der Waals surface area contributed by atoms with E-state index >= 15 is 0 Å². The Kier molecular flexibility index (Phi) is 2.21. The van der Waals surface area contributed by atoms with Crippen molar-refractivity contribution in [3.8, 4) is 0 Å². The first-order valence-electron chi connectivity index (χ1n) is 5.47. The first kappa shape index (κ1) is 10.4. The van der Waals surface area contributed by atoms with Crippen LogP contribution in [-0.4, -0.2) is 16.9 Å². The van der Waals surface area contributed by atoms with Gasteiger partial charge in [-0.1, -0.05) is 13.8 Å². The van der Waals surface area contributed by atoms with Gasteiger partial charge in [-0.3, -0.25) is 4.79 Å². The molecule has 2 rings (SSSR count). The van der Waals surface area contributed by atoms with Gasteiger partial charge < -0.3 is 5.11 Å². The monoisotopic (exact) mass is 208 g/mol. The number of allylic oxidation sites excluding steroid dienone is 1. The molecule has 0 saturated heterocycles. The smallest absolute Gasteiger partial charge is 0.339 e. The van der Waals surface area contributed by atoms with Gasteiger partial charge in [-0.15, -0.1) is 0 Å². The molecule has 0 aromatic rings. The molecular weight excluding hydrogens is 192 g/mol. The van der Waals surface area contributed by atoms with Gasteiger partial charge in [0.25, 0.3) is 0 Å². The fourth-order valence-corrected chi connectivity index (χ4v) is 2.99. The summed E-state index contributed by atoms with van der Waals surface area (Å²) < 4.78 is 0. The minimum Gasteiger partial charge on any atom is -0.478 e. The first-order valence-corrected chi connectivity index (χ1v) is 5.47. The Labute approximate surface area is 89.2 Å². The summed E-state index contributed by atoms with van der Waals surface area (Å²) in [5, 5.41) is 9.08. The van der Waals surface area contributed by atoms with E-state index in [4.69, 9.17) is 5.11 Å². The molecule has 1 fully saturated rings. The number of Topliss-reactive ketones (excluding diaryl/α,β-unsaturated/α-hetero) is 1. The maximum absolute atomic E-state index is 11.6. The molecule has 0 heterocycles. The van der Waals surface area contributed by atoms with Crippen LogP contribution in [0, 0.1) is 11.3 Å². The number of hydrogen-bond donors (Lipinski definition) is 1. The Hall–Kier alpha value is -1.12. The Morgan fingerprint density at radius 2 is 2.13 bits per heavy atom. The summed E-state index contributed by atoms with van der Waals surface area (Å²) in [7, 11) is 0. The van der Waals surface area contributed by atoms with Crippen molar-refractivity contribution in [1.82, 2.24) is 0 Å². The third-order valence-electron chi connectivity index (χ3n) is 4.27. The molecule has 2 aliphatic rings. The van der Waals surface area contributed by atoms with Gasteiger partial charge in [0.1, 0.15) is 5.57 Å². The topological polar surface area (TPSA) is 54.4 Å². The lowest BCUT2D eigenvalue weighted by Crippen LogP contribution is -2.31. The van der Waals surface area contributed by atoms with E-state index < -0.39 is 5.97 Å². The molecule has 0 aromatic heterocycles. The summed E-state index contributed by atoms with van der Waals surface area (Å²) in [5.74, 6) is -0.714. The standard InChI is InChI=1S/C12H16O3/c1-7-3-4-8-10(11(14)15)9(13)5-6-12(7,8)2/h7H,3-6H2,1-2H3,(H,14,15)/t7-,12+/m1/s1. The number of ketones is 1. The summed E-state index contributed by atoms with van der Waals surface area (Å²) in [6.07, 6.45) is 3.01. The lowest BCUT2D eigenvalue weighted by Gasteiger charge is -2.35. The Bertz CT molecular complexity index is 367. The molecule has 0 bridgehead atoms. The number of carbonyl (C=O) groups excluding carboxylic acids is 1. The molecule has 0 radical (unpaired) electrons. The highest BCUT2D eigenvalue weighted by Crippen LogP contribution is 2.53. The second-order valence-corrected chi connectivity index (χ2v) is 4.94. The number of rotatable bonds is 1. The van der Waals surface area contributed by atoms with Gasteiger partial charge in [-0.25, -0.2) is 4.79 Å². The quantitative estimate of drug-likeness (QED) is 0.672. The molecule has 0 amide bonds. The summed E-state index contributed by atoms with van der Waals surface area (Å²) in [6, 6.07) is 0. The number of carboxylic acid groups (broad SMARTS) is 1. The van der Waals surface area contributed by atoms with E-state index in [9.17, 15) is 9.59 Å². The van der Waals surface area contributed by atoms with Crippen LogP contribution in [0.3, 0.4) is 0 Å². The zero-order valence-electron chi connectivity index (χ0n) is 9.17. The van der Waals surface area contributed by atoms with E-state index in [1.807, 2.05) is 0 Å². The number of aliphatic carboxylic acids is 1. The largest absolute Gasteiger partial charge is 0.478 e. The molecule has 15 heavy (non-hydrogen) atoms. The Morgan fingerprint density at radius 1 is 1.47 bits per heavy atom. The van der Waals surface area contributed by atoms with Crippen LogP contribution in [0.5, 0.6) is 0 Å². The molecule has 3 heteroatoms. The van der Waals surface area contributed by atoms with Crippen LogP contribution >= 0.6 is 0 Å². The van der Waals surface area contributed by atoms with E-state index in [0.29, 0.717) is 12.3 Å². The summed E-state index contributed by atoms with van der Waals surface area (Å²) >= 11 is 0. The number of fused-ring (bicyclic) bond motifs is 1. The van der Waals surface area contributed by atoms with Crippen LogP contribution in [0.1, 0.15) is 39.5 Å². The van der Waals surface area contributed by atoms with E-state index in [2.05, 4.69) is 13.8 Å². The van der Waals surface area contributed by atoms with Crippen LogP contribution < -0.4 is 0 Å².